The zero-order chi connectivity index (χ0) is 27.3. The first-order valence-corrected chi connectivity index (χ1v) is 13.9. The van der Waals surface area contributed by atoms with Gasteiger partial charge >= 0.3 is 0 Å². The monoisotopic (exact) mass is 531 g/mol. The summed E-state index contributed by atoms with van der Waals surface area (Å²) in [6.07, 6.45) is 1.10. The zero-order valence-electron chi connectivity index (χ0n) is 21.5. The molecular formula is C28H37NO9. The summed E-state index contributed by atoms with van der Waals surface area (Å²) < 4.78 is 6.43. The van der Waals surface area contributed by atoms with E-state index in [9.17, 15) is 39.9 Å². The molecule has 0 spiro atoms. The number of aliphatic hydroxyl groups excluding tert-OH is 4. The van der Waals surface area contributed by atoms with Crippen LogP contribution in [-0.2, 0) is 19.1 Å². The van der Waals surface area contributed by atoms with Gasteiger partial charge in [0.05, 0.1) is 23.9 Å². The maximum absolute atomic E-state index is 14.1. The number of allylic oxidation sites excluding steroid dienone is 1. The SMILES string of the molecule is C[C@H]1C2C(C3CC4=C(CCCC4)O3)CCC(O)C2C(=O)C2C(O)[C@]3(O)C(O)=C(C(N)=O)C(=O)C[C@@H]3[C@@H](O)[C@@H]21. The molecule has 10 nitrogen and oxygen atoms in total. The maximum atomic E-state index is 14.1. The Kier molecular flexibility index (Phi) is 6.07. The summed E-state index contributed by atoms with van der Waals surface area (Å²) >= 11 is 0. The third kappa shape index (κ3) is 3.36. The van der Waals surface area contributed by atoms with Crippen LogP contribution in [0.5, 0.6) is 0 Å². The molecule has 6 aliphatic rings. The highest BCUT2D eigenvalue weighted by Gasteiger charge is 2.70. The number of aliphatic hydroxyl groups is 5. The second-order valence-corrected chi connectivity index (χ2v) is 12.5. The summed E-state index contributed by atoms with van der Waals surface area (Å²) in [6.45, 7) is 1.89. The van der Waals surface area contributed by atoms with Crippen LogP contribution >= 0.6 is 0 Å². The van der Waals surface area contributed by atoms with Gasteiger partial charge in [0.25, 0.3) is 5.91 Å². The van der Waals surface area contributed by atoms with Crippen molar-refractivity contribution in [3.8, 4) is 0 Å². The fourth-order valence-electron chi connectivity index (χ4n) is 9.18. The molecule has 12 atom stereocenters. The van der Waals surface area contributed by atoms with E-state index >= 15 is 0 Å². The van der Waals surface area contributed by atoms with E-state index in [4.69, 9.17) is 10.5 Å². The minimum Gasteiger partial charge on any atom is -0.508 e. The Bertz CT molecular complexity index is 1130. The lowest BCUT2D eigenvalue weighted by molar-refractivity contribution is -0.240. The summed E-state index contributed by atoms with van der Waals surface area (Å²) in [7, 11) is 0. The number of rotatable bonds is 2. The van der Waals surface area contributed by atoms with Crippen molar-refractivity contribution < 1.29 is 44.7 Å². The van der Waals surface area contributed by atoms with Crippen LogP contribution in [0.1, 0.15) is 58.3 Å². The predicted octanol–water partition coefficient (Wildman–Crippen LogP) is 0.411. The number of fused-ring (bicyclic) bond motifs is 3. The molecule has 0 aromatic carbocycles. The van der Waals surface area contributed by atoms with Gasteiger partial charge < -0.3 is 36.0 Å². The number of Topliss-reactive ketones (excluding diaryl/α,β-unsaturated/α-hetero) is 2. The lowest BCUT2D eigenvalue weighted by atomic mass is 9.45. The second-order valence-electron chi connectivity index (χ2n) is 12.5. The Morgan fingerprint density at radius 3 is 2.42 bits per heavy atom. The summed E-state index contributed by atoms with van der Waals surface area (Å²) in [5.41, 5.74) is 3.18. The first-order chi connectivity index (χ1) is 18.0. The van der Waals surface area contributed by atoms with E-state index in [-0.39, 0.29) is 23.9 Å². The quantitative estimate of drug-likeness (QED) is 0.274. The van der Waals surface area contributed by atoms with Crippen molar-refractivity contribution in [3.05, 3.63) is 22.7 Å². The molecule has 3 saturated carbocycles. The van der Waals surface area contributed by atoms with Gasteiger partial charge in [-0.1, -0.05) is 6.92 Å². The molecule has 3 fully saturated rings. The second kappa shape index (κ2) is 8.87. The van der Waals surface area contributed by atoms with Gasteiger partial charge in [0, 0.05) is 42.9 Å². The van der Waals surface area contributed by atoms with Crippen molar-refractivity contribution in [2.24, 2.45) is 47.2 Å². The van der Waals surface area contributed by atoms with Crippen LogP contribution in [0.15, 0.2) is 22.7 Å². The normalized spacial score (nSPS) is 48.6. The molecule has 0 saturated heterocycles. The van der Waals surface area contributed by atoms with Gasteiger partial charge in [-0.15, -0.1) is 0 Å². The highest BCUT2D eigenvalue weighted by molar-refractivity contribution is 6.20. The van der Waals surface area contributed by atoms with E-state index < -0.39 is 82.8 Å². The molecule has 208 valence electrons. The number of hydrogen-bond donors (Lipinski definition) is 6. The van der Waals surface area contributed by atoms with Crippen molar-refractivity contribution in [2.75, 3.05) is 0 Å². The zero-order valence-corrected chi connectivity index (χ0v) is 21.5. The molecule has 38 heavy (non-hydrogen) atoms. The highest BCUT2D eigenvalue weighted by Crippen LogP contribution is 2.59. The van der Waals surface area contributed by atoms with E-state index in [2.05, 4.69) is 0 Å². The van der Waals surface area contributed by atoms with E-state index in [1.165, 1.54) is 5.57 Å². The van der Waals surface area contributed by atoms with Crippen molar-refractivity contribution in [2.45, 2.75) is 88.3 Å². The predicted molar refractivity (Wildman–Crippen MR) is 131 cm³/mol. The molecule has 0 aromatic heterocycles. The maximum Gasteiger partial charge on any atom is 0.255 e. The molecule has 5 aliphatic carbocycles. The van der Waals surface area contributed by atoms with Crippen molar-refractivity contribution in [1.82, 2.24) is 0 Å². The number of nitrogens with two attached hydrogens (primary N) is 1. The van der Waals surface area contributed by atoms with Crippen molar-refractivity contribution in [1.29, 1.82) is 0 Å². The molecule has 1 amide bonds. The van der Waals surface area contributed by atoms with E-state index in [0.29, 0.717) is 12.8 Å². The molecule has 0 bridgehead atoms. The van der Waals surface area contributed by atoms with Crippen LogP contribution in [0.25, 0.3) is 0 Å². The largest absolute Gasteiger partial charge is 0.508 e. The third-order valence-electron chi connectivity index (χ3n) is 10.9. The first-order valence-electron chi connectivity index (χ1n) is 13.9. The standard InChI is InChI=1S/C28H37NO9/c1-10-18-12(17-8-11-4-2-3-5-16(11)38-17)6-7-14(30)20(18)24(33)22-19(10)23(32)13-9-15(31)21(27(29)36)25(34)28(13,37)26(22)35/h10,12-14,17-20,22-23,26,30,32,34-35,37H,2-9H2,1H3,(H2,29,36)/t10-,12?,13+,14?,17?,18?,19+,20?,22?,23+,26?,28+/m0/s1. The number of hydrogen-bond acceptors (Lipinski definition) is 9. The number of primary amides is 1. The number of carbonyl (C=O) groups excluding carboxylic acids is 3. The van der Waals surface area contributed by atoms with Crippen molar-refractivity contribution in [3.63, 3.8) is 0 Å². The highest BCUT2D eigenvalue weighted by atomic mass is 16.5. The molecular weight excluding hydrogens is 494 g/mol. The Hall–Kier alpha value is -2.27. The number of carbonyl (C=O) groups is 3. The average molecular weight is 532 g/mol. The van der Waals surface area contributed by atoms with Gasteiger partial charge in [0.15, 0.2) is 11.4 Å². The van der Waals surface area contributed by atoms with Gasteiger partial charge in [0.1, 0.15) is 29.3 Å². The molecule has 0 aromatic rings. The topological polar surface area (TPSA) is 188 Å². The number of ketones is 2. The summed E-state index contributed by atoms with van der Waals surface area (Å²) in [6, 6.07) is 0. The average Bonchev–Trinajstić information content (AvgIpc) is 3.30. The Morgan fingerprint density at radius 2 is 1.74 bits per heavy atom. The van der Waals surface area contributed by atoms with E-state index in [1.54, 1.807) is 0 Å². The Morgan fingerprint density at radius 1 is 1.03 bits per heavy atom. The van der Waals surface area contributed by atoms with Crippen LogP contribution in [0.3, 0.4) is 0 Å². The summed E-state index contributed by atoms with van der Waals surface area (Å²) in [5.74, 6) is -7.63. The molecule has 1 aliphatic heterocycles. The fourth-order valence-corrected chi connectivity index (χ4v) is 9.18. The third-order valence-corrected chi connectivity index (χ3v) is 10.9. The fraction of sp³-hybridized carbons (Fsp3) is 0.750. The van der Waals surface area contributed by atoms with Gasteiger partial charge in [-0.3, -0.25) is 14.4 Å². The minimum absolute atomic E-state index is 0.0400. The van der Waals surface area contributed by atoms with Gasteiger partial charge in [-0.2, -0.15) is 0 Å². The lowest BCUT2D eigenvalue weighted by Crippen LogP contribution is -2.72. The molecule has 0 radical (unpaired) electrons. The number of amides is 1. The first kappa shape index (κ1) is 26.0. The lowest BCUT2D eigenvalue weighted by Gasteiger charge is -2.61. The molecule has 7 unspecified atom stereocenters. The smallest absolute Gasteiger partial charge is 0.255 e. The number of ether oxygens (including phenoxy) is 1. The van der Waals surface area contributed by atoms with Crippen LogP contribution in [0, 0.1) is 41.4 Å². The Balaban J connectivity index is 1.38. The minimum atomic E-state index is -2.60. The van der Waals surface area contributed by atoms with E-state index in [1.807, 2.05) is 6.92 Å². The van der Waals surface area contributed by atoms with Crippen LogP contribution in [0.2, 0.25) is 0 Å². The van der Waals surface area contributed by atoms with Gasteiger partial charge in [0.2, 0.25) is 0 Å². The van der Waals surface area contributed by atoms with Crippen molar-refractivity contribution >= 4 is 17.5 Å². The summed E-state index contributed by atoms with van der Waals surface area (Å²) in [4.78, 5) is 38.6. The summed E-state index contributed by atoms with van der Waals surface area (Å²) in [5, 5.41) is 56.5. The van der Waals surface area contributed by atoms with Crippen LogP contribution in [0.4, 0.5) is 0 Å². The Labute approximate surface area is 220 Å². The van der Waals surface area contributed by atoms with Crippen LogP contribution < -0.4 is 5.73 Å². The molecule has 6 rings (SSSR count). The molecule has 1 heterocycles. The van der Waals surface area contributed by atoms with Gasteiger partial charge in [-0.05, 0) is 49.5 Å². The molecule has 10 heteroatoms. The molecule has 7 N–H and O–H groups in total. The van der Waals surface area contributed by atoms with Crippen LogP contribution in [-0.4, -0.2) is 73.0 Å². The van der Waals surface area contributed by atoms with E-state index in [0.717, 1.165) is 37.9 Å². The van der Waals surface area contributed by atoms with Gasteiger partial charge in [-0.25, -0.2) is 0 Å².